The van der Waals surface area contributed by atoms with Gasteiger partial charge in [0.15, 0.2) is 5.84 Å². The Morgan fingerprint density at radius 3 is 2.88 bits per heavy atom. The highest BCUT2D eigenvalue weighted by molar-refractivity contribution is 6.01. The van der Waals surface area contributed by atoms with Gasteiger partial charge in [-0.2, -0.15) is 5.10 Å². The number of hydrogen-bond acceptors (Lipinski definition) is 4. The summed E-state index contributed by atoms with van der Waals surface area (Å²) >= 11 is 0. The lowest BCUT2D eigenvalue weighted by molar-refractivity contribution is 0.385. The smallest absolute Gasteiger partial charge is 0.175 e. The second-order valence-corrected chi connectivity index (χ2v) is 6.78. The van der Waals surface area contributed by atoms with E-state index < -0.39 is 0 Å². The fourth-order valence-corrected chi connectivity index (χ4v) is 3.67. The van der Waals surface area contributed by atoms with Crippen LogP contribution in [-0.2, 0) is 0 Å². The van der Waals surface area contributed by atoms with E-state index in [2.05, 4.69) is 59.8 Å². The van der Waals surface area contributed by atoms with Crippen LogP contribution in [-0.4, -0.2) is 47.6 Å². The Labute approximate surface area is 154 Å². The van der Waals surface area contributed by atoms with Gasteiger partial charge in [0.1, 0.15) is 5.69 Å². The van der Waals surface area contributed by atoms with Crippen LogP contribution in [0.25, 0.3) is 10.9 Å². The van der Waals surface area contributed by atoms with E-state index in [4.69, 9.17) is 4.98 Å². The van der Waals surface area contributed by atoms with Crippen LogP contribution < -0.4 is 0 Å². The number of aliphatic imine (C=N–C) groups is 1. The molecule has 5 heteroatoms. The Hall–Kier alpha value is -2.95. The van der Waals surface area contributed by atoms with E-state index >= 15 is 0 Å². The molecule has 4 rings (SSSR count). The van der Waals surface area contributed by atoms with Gasteiger partial charge in [-0.05, 0) is 31.4 Å². The van der Waals surface area contributed by atoms with Gasteiger partial charge in [0.25, 0.3) is 0 Å². The molecule has 0 bridgehead atoms. The summed E-state index contributed by atoms with van der Waals surface area (Å²) in [4.78, 5) is 11.6. The van der Waals surface area contributed by atoms with Crippen molar-refractivity contribution in [2.24, 2.45) is 10.1 Å². The molecule has 0 spiro atoms. The molecule has 2 aromatic rings. The number of pyridine rings is 1. The van der Waals surface area contributed by atoms with Gasteiger partial charge in [0, 0.05) is 31.6 Å². The zero-order valence-corrected chi connectivity index (χ0v) is 15.5. The Balaban J connectivity index is 1.74. The average molecular weight is 345 g/mol. The third-order valence-corrected chi connectivity index (χ3v) is 5.10. The molecule has 0 saturated carbocycles. The maximum atomic E-state index is 4.86. The zero-order chi connectivity index (χ0) is 18.3. The highest BCUT2D eigenvalue weighted by Gasteiger charge is 2.28. The van der Waals surface area contributed by atoms with Gasteiger partial charge in [-0.25, -0.2) is 9.99 Å². The third kappa shape index (κ3) is 2.60. The second-order valence-electron chi connectivity index (χ2n) is 6.78. The van der Waals surface area contributed by atoms with Crippen LogP contribution in [0.2, 0.25) is 0 Å². The molecule has 1 aromatic carbocycles. The van der Waals surface area contributed by atoms with Crippen molar-refractivity contribution < 1.29 is 0 Å². The van der Waals surface area contributed by atoms with E-state index in [1.54, 1.807) is 7.05 Å². The van der Waals surface area contributed by atoms with Gasteiger partial charge in [-0.15, -0.1) is 0 Å². The standard InChI is InChI=1S/C21H23N5/c1-14-7-5-8-16-10-11-18(24-20(14)16)21(22-3)26-15(2)17-9-6-12-25(4)19(17)13-23-26/h5,7-8,10-11,13H,2,6,9,12H2,1,3-4H3. The molecule has 0 N–H and O–H groups in total. The van der Waals surface area contributed by atoms with Crippen molar-refractivity contribution >= 4 is 23.0 Å². The quantitative estimate of drug-likeness (QED) is 0.584. The van der Waals surface area contributed by atoms with Gasteiger partial charge >= 0.3 is 0 Å². The SMILES string of the molecule is C=C1C2=C(C=NN1C(=NC)c1ccc3cccc(C)c3n1)N(C)CCC2. The normalized spacial score (nSPS) is 18.0. The van der Waals surface area contributed by atoms with Crippen LogP contribution in [0, 0.1) is 6.92 Å². The fraction of sp³-hybridized carbons (Fsp3) is 0.286. The maximum absolute atomic E-state index is 4.86. The molecule has 0 aliphatic carbocycles. The molecule has 0 unspecified atom stereocenters. The van der Waals surface area contributed by atoms with Crippen LogP contribution >= 0.6 is 0 Å². The molecule has 26 heavy (non-hydrogen) atoms. The first kappa shape index (κ1) is 16.5. The van der Waals surface area contributed by atoms with Crippen molar-refractivity contribution in [1.82, 2.24) is 14.9 Å². The summed E-state index contributed by atoms with van der Waals surface area (Å²) in [6.07, 6.45) is 4.06. The number of hydrogen-bond donors (Lipinski definition) is 0. The number of amidine groups is 1. The maximum Gasteiger partial charge on any atom is 0.175 e. The summed E-state index contributed by atoms with van der Waals surface area (Å²) in [5.41, 5.74) is 6.25. The second kappa shape index (κ2) is 6.41. The van der Waals surface area contributed by atoms with Crippen LogP contribution in [0.4, 0.5) is 0 Å². The van der Waals surface area contributed by atoms with Crippen molar-refractivity contribution in [3.05, 3.63) is 65.1 Å². The van der Waals surface area contributed by atoms with Crippen molar-refractivity contribution in [3.63, 3.8) is 0 Å². The van der Waals surface area contributed by atoms with Crippen molar-refractivity contribution in [2.75, 3.05) is 20.6 Å². The lowest BCUT2D eigenvalue weighted by Crippen LogP contribution is -2.36. The molecule has 5 nitrogen and oxygen atoms in total. The molecule has 1 aromatic heterocycles. The first-order valence-corrected chi connectivity index (χ1v) is 8.91. The molecule has 2 aliphatic rings. The molecule has 0 fully saturated rings. The fourth-order valence-electron chi connectivity index (χ4n) is 3.67. The summed E-state index contributed by atoms with van der Waals surface area (Å²) in [6, 6.07) is 10.3. The van der Waals surface area contributed by atoms with Crippen LogP contribution in [0.3, 0.4) is 0 Å². The molecular weight excluding hydrogens is 322 g/mol. The summed E-state index contributed by atoms with van der Waals surface area (Å²) in [6.45, 7) is 7.44. The predicted octanol–water partition coefficient (Wildman–Crippen LogP) is 3.71. The number of rotatable bonds is 1. The van der Waals surface area contributed by atoms with E-state index in [1.807, 2.05) is 17.3 Å². The molecule has 0 saturated heterocycles. The molecule has 0 radical (unpaired) electrons. The number of aryl methyl sites for hydroxylation is 1. The first-order chi connectivity index (χ1) is 12.6. The Morgan fingerprint density at radius 1 is 1.23 bits per heavy atom. The Bertz CT molecular complexity index is 983. The van der Waals surface area contributed by atoms with Gasteiger partial charge in [0.2, 0.25) is 0 Å². The summed E-state index contributed by atoms with van der Waals surface area (Å²) in [7, 11) is 3.88. The van der Waals surface area contributed by atoms with Crippen molar-refractivity contribution in [2.45, 2.75) is 19.8 Å². The van der Waals surface area contributed by atoms with Gasteiger partial charge in [-0.3, -0.25) is 4.99 Å². The van der Waals surface area contributed by atoms with E-state index in [9.17, 15) is 0 Å². The molecule has 132 valence electrons. The lowest BCUT2D eigenvalue weighted by Gasteiger charge is -2.35. The summed E-state index contributed by atoms with van der Waals surface area (Å²) < 4.78 is 0. The van der Waals surface area contributed by atoms with Crippen LogP contribution in [0.15, 0.2) is 64.0 Å². The van der Waals surface area contributed by atoms with E-state index in [0.717, 1.165) is 58.8 Å². The summed E-state index contributed by atoms with van der Waals surface area (Å²) in [5, 5.41) is 7.59. The highest BCUT2D eigenvalue weighted by Crippen LogP contribution is 2.31. The number of aromatic nitrogens is 1. The predicted molar refractivity (Wildman–Crippen MR) is 107 cm³/mol. The number of nitrogens with zero attached hydrogens (tertiary/aromatic N) is 5. The van der Waals surface area contributed by atoms with Gasteiger partial charge in [0.05, 0.1) is 23.1 Å². The third-order valence-electron chi connectivity index (χ3n) is 5.10. The molecule has 3 heterocycles. The highest BCUT2D eigenvalue weighted by atomic mass is 15.5. The minimum Gasteiger partial charge on any atom is -0.373 e. The number of hydrazone groups is 1. The van der Waals surface area contributed by atoms with E-state index in [1.165, 1.54) is 5.57 Å². The number of fused-ring (bicyclic) bond motifs is 1. The Kier molecular flexibility index (Phi) is 4.07. The molecule has 2 aliphatic heterocycles. The number of benzene rings is 1. The number of para-hydroxylation sites is 1. The minimum absolute atomic E-state index is 0.719. The van der Waals surface area contributed by atoms with Gasteiger partial charge in [-0.1, -0.05) is 30.8 Å². The lowest BCUT2D eigenvalue weighted by atomic mass is 9.99. The topological polar surface area (TPSA) is 44.1 Å². The molecule has 0 amide bonds. The van der Waals surface area contributed by atoms with E-state index in [0.29, 0.717) is 0 Å². The van der Waals surface area contributed by atoms with Crippen LogP contribution in [0.5, 0.6) is 0 Å². The van der Waals surface area contributed by atoms with Crippen molar-refractivity contribution in [1.29, 1.82) is 0 Å². The molecule has 0 atom stereocenters. The Morgan fingerprint density at radius 2 is 2.08 bits per heavy atom. The largest absolute Gasteiger partial charge is 0.373 e. The average Bonchev–Trinajstić information content (AvgIpc) is 2.65. The number of allylic oxidation sites excluding steroid dienone is 2. The van der Waals surface area contributed by atoms with Crippen molar-refractivity contribution in [3.8, 4) is 0 Å². The van der Waals surface area contributed by atoms with Gasteiger partial charge < -0.3 is 4.90 Å². The summed E-state index contributed by atoms with van der Waals surface area (Å²) in [5.74, 6) is 0.719. The molecular formula is C21H23N5. The van der Waals surface area contributed by atoms with E-state index in [-0.39, 0.29) is 0 Å². The minimum atomic E-state index is 0.719. The monoisotopic (exact) mass is 345 g/mol. The van der Waals surface area contributed by atoms with Crippen LogP contribution in [0.1, 0.15) is 24.1 Å². The zero-order valence-electron chi connectivity index (χ0n) is 15.5. The first-order valence-electron chi connectivity index (χ1n) is 8.91.